The number of hydrogen-bond donors (Lipinski definition) is 1. The van der Waals surface area contributed by atoms with Crippen molar-refractivity contribution in [2.45, 2.75) is 13.1 Å². The number of amides is 1. The molecule has 1 aromatic heterocycles. The quantitative estimate of drug-likeness (QED) is 0.873. The van der Waals surface area contributed by atoms with E-state index in [4.69, 9.17) is 5.11 Å². The van der Waals surface area contributed by atoms with Crippen molar-refractivity contribution < 1.29 is 23.1 Å². The third-order valence-electron chi connectivity index (χ3n) is 2.25. The summed E-state index contributed by atoms with van der Waals surface area (Å²) < 4.78 is 38.2. The Morgan fingerprint density at radius 1 is 1.56 bits per heavy atom. The molecule has 0 saturated carbocycles. The Kier molecular flexibility index (Phi) is 4.33. The summed E-state index contributed by atoms with van der Waals surface area (Å²) in [4.78, 5) is 12.5. The van der Waals surface area contributed by atoms with Gasteiger partial charge in [0.2, 0.25) is 0 Å². The Balaban J connectivity index is 2.92. The number of rotatable bonds is 4. The molecule has 1 heterocycles. The van der Waals surface area contributed by atoms with E-state index in [1.807, 2.05) is 0 Å². The molecule has 1 aromatic rings. The first-order valence-corrected chi connectivity index (χ1v) is 5.22. The third-order valence-corrected chi connectivity index (χ3v) is 2.25. The lowest BCUT2D eigenvalue weighted by Crippen LogP contribution is -2.41. The van der Waals surface area contributed by atoms with Crippen LogP contribution in [0.4, 0.5) is 13.2 Å². The molecule has 18 heavy (non-hydrogen) atoms. The summed E-state index contributed by atoms with van der Waals surface area (Å²) >= 11 is 0. The molecule has 8 heteroatoms. The van der Waals surface area contributed by atoms with Crippen LogP contribution >= 0.6 is 0 Å². The normalized spacial score (nSPS) is 11.7. The first-order chi connectivity index (χ1) is 8.24. The van der Waals surface area contributed by atoms with Gasteiger partial charge in [-0.2, -0.15) is 18.3 Å². The zero-order valence-corrected chi connectivity index (χ0v) is 10.0. The molecule has 0 saturated heterocycles. The Morgan fingerprint density at radius 3 is 2.56 bits per heavy atom. The highest BCUT2D eigenvalue weighted by atomic mass is 19.4. The fourth-order valence-electron chi connectivity index (χ4n) is 1.56. The number of aryl methyl sites for hydroxylation is 2. The number of nitrogens with zero attached hydrogens (tertiary/aromatic N) is 3. The Morgan fingerprint density at radius 2 is 2.17 bits per heavy atom. The van der Waals surface area contributed by atoms with Crippen molar-refractivity contribution in [1.82, 2.24) is 14.7 Å². The summed E-state index contributed by atoms with van der Waals surface area (Å²) in [6.07, 6.45) is -4.50. The molecule has 1 rings (SSSR count). The second-order valence-electron chi connectivity index (χ2n) is 3.86. The predicted molar refractivity (Wildman–Crippen MR) is 57.0 cm³/mol. The predicted octanol–water partition coefficient (Wildman–Crippen LogP) is 0.725. The number of carbonyl (C=O) groups is 1. The largest absolute Gasteiger partial charge is 0.406 e. The van der Waals surface area contributed by atoms with Crippen LogP contribution in [0, 0.1) is 6.92 Å². The average Bonchev–Trinajstić information content (AvgIpc) is 2.54. The Labute approximate surface area is 102 Å². The van der Waals surface area contributed by atoms with Gasteiger partial charge in [0.25, 0.3) is 5.91 Å². The molecule has 1 N–H and O–H groups in total. The summed E-state index contributed by atoms with van der Waals surface area (Å²) in [5.74, 6) is -0.801. The Bertz CT molecular complexity index is 428. The monoisotopic (exact) mass is 265 g/mol. The minimum absolute atomic E-state index is 0.0604. The number of carbonyl (C=O) groups excluding carboxylic acids is 1. The van der Waals surface area contributed by atoms with Gasteiger partial charge in [-0.15, -0.1) is 0 Å². The molecule has 0 aliphatic rings. The maximum atomic E-state index is 12.3. The molecule has 0 aromatic carbocycles. The molecule has 0 bridgehead atoms. The fraction of sp³-hybridized carbons (Fsp3) is 0.600. The number of hydrogen-bond acceptors (Lipinski definition) is 3. The number of aliphatic hydroxyl groups excluding tert-OH is 1. The maximum absolute atomic E-state index is 12.3. The van der Waals surface area contributed by atoms with Crippen LogP contribution in [-0.2, 0) is 7.05 Å². The summed E-state index contributed by atoms with van der Waals surface area (Å²) in [5, 5.41) is 12.6. The zero-order valence-electron chi connectivity index (χ0n) is 10.0. The lowest BCUT2D eigenvalue weighted by atomic mass is 10.3. The van der Waals surface area contributed by atoms with E-state index in [-0.39, 0.29) is 12.2 Å². The van der Waals surface area contributed by atoms with Crippen molar-refractivity contribution in [3.8, 4) is 0 Å². The minimum Gasteiger partial charge on any atom is -0.395 e. The van der Waals surface area contributed by atoms with Crippen molar-refractivity contribution in [3.05, 3.63) is 17.5 Å². The van der Waals surface area contributed by atoms with Gasteiger partial charge in [-0.1, -0.05) is 0 Å². The van der Waals surface area contributed by atoms with Crippen molar-refractivity contribution in [2.24, 2.45) is 7.05 Å². The number of aliphatic hydroxyl groups is 1. The lowest BCUT2D eigenvalue weighted by molar-refractivity contribution is -0.141. The second kappa shape index (κ2) is 5.38. The molecule has 0 atom stereocenters. The van der Waals surface area contributed by atoms with E-state index in [9.17, 15) is 18.0 Å². The van der Waals surface area contributed by atoms with Gasteiger partial charge in [-0.25, -0.2) is 0 Å². The smallest absolute Gasteiger partial charge is 0.395 e. The molecule has 1 amide bonds. The second-order valence-corrected chi connectivity index (χ2v) is 3.86. The highest BCUT2D eigenvalue weighted by molar-refractivity contribution is 5.92. The molecular formula is C10H14F3N3O2. The summed E-state index contributed by atoms with van der Waals surface area (Å²) in [6.45, 7) is -0.658. The standard InChI is InChI=1S/C10H14F3N3O2/c1-7-5-8(15(2)14-7)9(18)16(3-4-17)6-10(11,12)13/h5,17H,3-4,6H2,1-2H3. The van der Waals surface area contributed by atoms with Crippen molar-refractivity contribution in [3.63, 3.8) is 0 Å². The number of aromatic nitrogens is 2. The molecule has 0 unspecified atom stereocenters. The van der Waals surface area contributed by atoms with Gasteiger partial charge in [-0.3, -0.25) is 9.48 Å². The third kappa shape index (κ3) is 3.73. The van der Waals surface area contributed by atoms with Crippen molar-refractivity contribution in [2.75, 3.05) is 19.7 Å². The molecule has 5 nitrogen and oxygen atoms in total. The van der Waals surface area contributed by atoms with Crippen LogP contribution in [0.2, 0.25) is 0 Å². The maximum Gasteiger partial charge on any atom is 0.406 e. The van der Waals surface area contributed by atoms with Gasteiger partial charge in [0.1, 0.15) is 12.2 Å². The summed E-state index contributed by atoms with van der Waals surface area (Å²) in [5.41, 5.74) is 0.599. The van der Waals surface area contributed by atoms with Crippen LogP contribution in [0.15, 0.2) is 6.07 Å². The van der Waals surface area contributed by atoms with Gasteiger partial charge in [0.05, 0.1) is 12.3 Å². The van der Waals surface area contributed by atoms with Crippen molar-refractivity contribution in [1.29, 1.82) is 0 Å². The van der Waals surface area contributed by atoms with E-state index in [2.05, 4.69) is 5.10 Å². The highest BCUT2D eigenvalue weighted by Gasteiger charge is 2.33. The van der Waals surface area contributed by atoms with Crippen LogP contribution in [-0.4, -0.2) is 51.6 Å². The van der Waals surface area contributed by atoms with E-state index >= 15 is 0 Å². The van der Waals surface area contributed by atoms with Crippen LogP contribution in [0.3, 0.4) is 0 Å². The topological polar surface area (TPSA) is 58.4 Å². The highest BCUT2D eigenvalue weighted by Crippen LogP contribution is 2.18. The van der Waals surface area contributed by atoms with Gasteiger partial charge in [0, 0.05) is 13.6 Å². The van der Waals surface area contributed by atoms with Crippen LogP contribution in [0.1, 0.15) is 16.2 Å². The van der Waals surface area contributed by atoms with Gasteiger partial charge < -0.3 is 10.0 Å². The van der Waals surface area contributed by atoms with E-state index in [1.54, 1.807) is 6.92 Å². The first-order valence-electron chi connectivity index (χ1n) is 5.22. The number of halogens is 3. The summed E-state index contributed by atoms with van der Waals surface area (Å²) in [7, 11) is 1.48. The van der Waals surface area contributed by atoms with E-state index in [1.165, 1.54) is 17.8 Å². The first kappa shape index (κ1) is 14.5. The average molecular weight is 265 g/mol. The zero-order chi connectivity index (χ0) is 13.9. The van der Waals surface area contributed by atoms with E-state index in [0.717, 1.165) is 0 Å². The summed E-state index contributed by atoms with van der Waals surface area (Å²) in [6, 6.07) is 1.41. The van der Waals surface area contributed by atoms with Crippen LogP contribution in [0.25, 0.3) is 0 Å². The molecule has 0 radical (unpaired) electrons. The molecule has 0 aliphatic heterocycles. The van der Waals surface area contributed by atoms with Gasteiger partial charge in [-0.05, 0) is 13.0 Å². The molecule has 0 fully saturated rings. The van der Waals surface area contributed by atoms with E-state index in [0.29, 0.717) is 10.6 Å². The lowest BCUT2D eigenvalue weighted by Gasteiger charge is -2.22. The SMILES string of the molecule is Cc1cc(C(=O)N(CCO)CC(F)(F)F)n(C)n1. The van der Waals surface area contributed by atoms with Crippen LogP contribution < -0.4 is 0 Å². The van der Waals surface area contributed by atoms with E-state index < -0.39 is 25.2 Å². The van der Waals surface area contributed by atoms with Crippen LogP contribution in [0.5, 0.6) is 0 Å². The molecule has 102 valence electrons. The van der Waals surface area contributed by atoms with Gasteiger partial charge in [0.15, 0.2) is 0 Å². The molecular weight excluding hydrogens is 251 g/mol. The Hall–Kier alpha value is -1.57. The van der Waals surface area contributed by atoms with Crippen molar-refractivity contribution >= 4 is 5.91 Å². The molecule has 0 spiro atoms. The minimum atomic E-state index is -4.50. The number of alkyl halides is 3. The van der Waals surface area contributed by atoms with Gasteiger partial charge >= 0.3 is 6.18 Å². The molecule has 0 aliphatic carbocycles. The fourth-order valence-corrected chi connectivity index (χ4v) is 1.56.